The Morgan fingerprint density at radius 2 is 1.77 bits per heavy atom. The average Bonchev–Trinajstić information content (AvgIpc) is 3.10. The normalized spacial score (nSPS) is 11.1. The molecule has 0 aliphatic heterocycles. The van der Waals surface area contributed by atoms with Gasteiger partial charge < -0.3 is 24.4 Å². The quantitative estimate of drug-likeness (QED) is 0.445. The minimum Gasteiger partial charge on any atom is -0.395 e. The number of aliphatic hydroxyl groups excluding tert-OH is 1. The second-order valence-electron chi connectivity index (χ2n) is 5.60. The van der Waals surface area contributed by atoms with E-state index in [1.165, 1.54) is 0 Å². The highest BCUT2D eigenvalue weighted by Crippen LogP contribution is 2.39. The third-order valence-corrected chi connectivity index (χ3v) is 3.97. The molecule has 0 aliphatic rings. The molecule has 0 aliphatic carbocycles. The summed E-state index contributed by atoms with van der Waals surface area (Å²) in [7, 11) is 4.85. The predicted octanol–water partition coefficient (Wildman–Crippen LogP) is 0.659. The van der Waals surface area contributed by atoms with Crippen LogP contribution in [0.4, 0.5) is 17.1 Å². The van der Waals surface area contributed by atoms with Gasteiger partial charge in [-0.2, -0.15) is 0 Å². The zero-order chi connectivity index (χ0) is 19.1. The van der Waals surface area contributed by atoms with Crippen molar-refractivity contribution in [2.75, 3.05) is 70.5 Å². The first-order chi connectivity index (χ1) is 12.5. The van der Waals surface area contributed by atoms with E-state index < -0.39 is 4.92 Å². The molecule has 1 N–H and O–H groups in total. The van der Waals surface area contributed by atoms with Crippen molar-refractivity contribution in [2.24, 2.45) is 0 Å². The lowest BCUT2D eigenvalue weighted by atomic mass is 10.1. The molecule has 0 bridgehead atoms. The van der Waals surface area contributed by atoms with Gasteiger partial charge in [0.05, 0.1) is 30.4 Å². The number of fused-ring (bicyclic) bond motifs is 1. The number of benzene rings is 1. The van der Waals surface area contributed by atoms with Gasteiger partial charge in [0.2, 0.25) is 5.52 Å². The van der Waals surface area contributed by atoms with Crippen molar-refractivity contribution in [1.82, 2.24) is 10.3 Å². The fourth-order valence-corrected chi connectivity index (χ4v) is 2.64. The average molecular weight is 369 g/mol. The van der Waals surface area contributed by atoms with Crippen LogP contribution in [-0.4, -0.2) is 81.1 Å². The zero-order valence-corrected chi connectivity index (χ0v) is 15.0. The Balaban J connectivity index is 2.62. The summed E-state index contributed by atoms with van der Waals surface area (Å²) in [6.45, 7) is 2.05. The van der Waals surface area contributed by atoms with Crippen LogP contribution in [0.2, 0.25) is 0 Å². The van der Waals surface area contributed by atoms with Crippen LogP contribution in [0.1, 0.15) is 0 Å². The van der Waals surface area contributed by atoms with E-state index in [9.17, 15) is 15.2 Å². The number of nitro benzene ring substituents is 1. The number of methoxy groups -OCH3 is 2. The molecule has 1 aromatic heterocycles. The summed E-state index contributed by atoms with van der Waals surface area (Å²) in [5, 5.41) is 28.4. The molecular weight excluding hydrogens is 346 g/mol. The Hall–Kier alpha value is -2.50. The van der Waals surface area contributed by atoms with Crippen LogP contribution >= 0.6 is 0 Å². The van der Waals surface area contributed by atoms with Crippen LogP contribution in [0, 0.1) is 10.1 Å². The molecule has 0 saturated heterocycles. The van der Waals surface area contributed by atoms with Gasteiger partial charge in [-0.3, -0.25) is 10.1 Å². The molecule has 2 aromatic rings. The fraction of sp³-hybridized carbons (Fsp3) is 0.600. The zero-order valence-electron chi connectivity index (χ0n) is 15.0. The van der Waals surface area contributed by atoms with Gasteiger partial charge in [-0.15, -0.1) is 0 Å². The first kappa shape index (κ1) is 19.8. The molecule has 1 aromatic carbocycles. The van der Waals surface area contributed by atoms with Gasteiger partial charge >= 0.3 is 5.69 Å². The van der Waals surface area contributed by atoms with Gasteiger partial charge in [0.1, 0.15) is 5.69 Å². The van der Waals surface area contributed by atoms with Crippen molar-refractivity contribution in [3.05, 3.63) is 16.2 Å². The van der Waals surface area contributed by atoms with Gasteiger partial charge in [0, 0.05) is 40.9 Å². The van der Waals surface area contributed by atoms with Crippen LogP contribution in [0.5, 0.6) is 0 Å². The molecule has 11 nitrogen and oxygen atoms in total. The highest BCUT2D eigenvalue weighted by atomic mass is 16.6. The van der Waals surface area contributed by atoms with E-state index in [1.54, 1.807) is 32.2 Å². The van der Waals surface area contributed by atoms with Crippen LogP contribution in [0.15, 0.2) is 10.7 Å². The Morgan fingerprint density at radius 1 is 1.15 bits per heavy atom. The third kappa shape index (κ3) is 4.18. The molecule has 0 fully saturated rings. The standard InChI is InChI=1S/C15H23N5O6/c1-18(4-7-21)12-10-11(19(5-8-24-2)6-9-25-3)13-14(17-26-16-13)15(12)20(22)23/h10,21H,4-9H2,1-3H3. The van der Waals surface area contributed by atoms with Gasteiger partial charge in [-0.05, 0) is 16.4 Å². The van der Waals surface area contributed by atoms with Crippen molar-refractivity contribution < 1.29 is 24.1 Å². The largest absolute Gasteiger partial charge is 0.395 e. The lowest BCUT2D eigenvalue weighted by molar-refractivity contribution is -0.382. The number of nitrogens with zero attached hydrogens (tertiary/aromatic N) is 5. The molecular formula is C15H23N5O6. The van der Waals surface area contributed by atoms with E-state index in [-0.39, 0.29) is 24.4 Å². The molecule has 0 saturated carbocycles. The lowest BCUT2D eigenvalue weighted by Crippen LogP contribution is -2.31. The molecule has 144 valence electrons. The first-order valence-corrected chi connectivity index (χ1v) is 8.03. The van der Waals surface area contributed by atoms with E-state index in [0.717, 1.165) is 0 Å². The van der Waals surface area contributed by atoms with Crippen molar-refractivity contribution >= 4 is 28.1 Å². The summed E-state index contributed by atoms with van der Waals surface area (Å²) in [4.78, 5) is 14.6. The smallest absolute Gasteiger partial charge is 0.323 e. The van der Waals surface area contributed by atoms with Crippen molar-refractivity contribution in [2.45, 2.75) is 0 Å². The number of hydrogen-bond donors (Lipinski definition) is 1. The number of anilines is 2. The van der Waals surface area contributed by atoms with Crippen molar-refractivity contribution in [1.29, 1.82) is 0 Å². The van der Waals surface area contributed by atoms with E-state index in [0.29, 0.717) is 43.2 Å². The van der Waals surface area contributed by atoms with Crippen LogP contribution in [-0.2, 0) is 9.47 Å². The second kappa shape index (κ2) is 9.27. The maximum Gasteiger partial charge on any atom is 0.323 e. The van der Waals surface area contributed by atoms with Gasteiger partial charge in [-0.1, -0.05) is 0 Å². The SMILES string of the molecule is COCCN(CCOC)c1cc(N(C)CCO)c([N+](=O)[O-])c2nonc12. The van der Waals surface area contributed by atoms with E-state index in [4.69, 9.17) is 14.1 Å². The third-order valence-electron chi connectivity index (χ3n) is 3.97. The minimum absolute atomic E-state index is 0.0622. The van der Waals surface area contributed by atoms with E-state index in [1.807, 2.05) is 4.90 Å². The summed E-state index contributed by atoms with van der Waals surface area (Å²) in [5.74, 6) is 0. The monoisotopic (exact) mass is 369 g/mol. The van der Waals surface area contributed by atoms with E-state index in [2.05, 4.69) is 10.3 Å². The van der Waals surface area contributed by atoms with Crippen LogP contribution in [0.3, 0.4) is 0 Å². The topological polar surface area (TPSA) is 127 Å². The molecule has 0 spiro atoms. The Kier molecular flexibility index (Phi) is 7.06. The first-order valence-electron chi connectivity index (χ1n) is 8.03. The number of rotatable bonds is 11. The maximum atomic E-state index is 11.6. The fourth-order valence-electron chi connectivity index (χ4n) is 2.64. The number of aliphatic hydroxyl groups is 1. The summed E-state index contributed by atoms with van der Waals surface area (Å²) < 4.78 is 15.1. The molecule has 1 heterocycles. The summed E-state index contributed by atoms with van der Waals surface area (Å²) in [5.41, 5.74) is 1.10. The molecule has 0 atom stereocenters. The number of likely N-dealkylation sites (N-methyl/N-ethyl adjacent to an activating group) is 1. The highest BCUT2D eigenvalue weighted by molar-refractivity contribution is 6.00. The lowest BCUT2D eigenvalue weighted by Gasteiger charge is -2.26. The summed E-state index contributed by atoms with van der Waals surface area (Å²) in [6, 6.07) is 1.66. The molecule has 2 rings (SSSR count). The number of aromatic nitrogens is 2. The Bertz CT molecular complexity index is 729. The van der Waals surface area contributed by atoms with Gasteiger partial charge in [0.15, 0.2) is 5.52 Å². The highest BCUT2D eigenvalue weighted by Gasteiger charge is 2.29. The second-order valence-corrected chi connectivity index (χ2v) is 5.60. The Labute approximate surface area is 150 Å². The number of nitro groups is 1. The molecule has 26 heavy (non-hydrogen) atoms. The number of ether oxygens (including phenoxy) is 2. The van der Waals surface area contributed by atoms with Crippen LogP contribution < -0.4 is 9.80 Å². The molecule has 0 unspecified atom stereocenters. The van der Waals surface area contributed by atoms with Crippen LogP contribution in [0.25, 0.3) is 11.0 Å². The van der Waals surface area contributed by atoms with Gasteiger partial charge in [0.25, 0.3) is 0 Å². The van der Waals surface area contributed by atoms with E-state index >= 15 is 0 Å². The van der Waals surface area contributed by atoms with Crippen molar-refractivity contribution in [3.63, 3.8) is 0 Å². The number of hydrogen-bond acceptors (Lipinski definition) is 10. The Morgan fingerprint density at radius 3 is 2.31 bits per heavy atom. The maximum absolute atomic E-state index is 11.6. The molecule has 0 radical (unpaired) electrons. The minimum atomic E-state index is -0.520. The summed E-state index contributed by atoms with van der Waals surface area (Å²) in [6.07, 6.45) is 0. The predicted molar refractivity (Wildman–Crippen MR) is 94.8 cm³/mol. The summed E-state index contributed by atoms with van der Waals surface area (Å²) >= 11 is 0. The molecule has 0 amide bonds. The van der Waals surface area contributed by atoms with Crippen molar-refractivity contribution in [3.8, 4) is 0 Å². The van der Waals surface area contributed by atoms with Gasteiger partial charge in [-0.25, -0.2) is 4.63 Å². The molecule has 11 heteroatoms.